The van der Waals surface area contributed by atoms with Gasteiger partial charge in [0.15, 0.2) is 0 Å². The van der Waals surface area contributed by atoms with Gasteiger partial charge in [0, 0.05) is 17.3 Å². The van der Waals surface area contributed by atoms with Crippen LogP contribution in [0.15, 0.2) is 18.2 Å². The molecule has 0 aliphatic rings. The van der Waals surface area contributed by atoms with Crippen LogP contribution >= 0.6 is 0 Å². The first-order chi connectivity index (χ1) is 8.97. The minimum atomic E-state index is -0.514. The summed E-state index contributed by atoms with van der Waals surface area (Å²) >= 11 is 0. The van der Waals surface area contributed by atoms with Crippen molar-refractivity contribution in [3.05, 3.63) is 33.9 Å². The van der Waals surface area contributed by atoms with Gasteiger partial charge < -0.3 is 15.7 Å². The predicted octanol–water partition coefficient (Wildman–Crippen LogP) is 1.66. The number of carbonyl (C=O) groups is 1. The Labute approximate surface area is 110 Å². The Bertz CT molecular complexity index is 476. The quantitative estimate of drug-likeness (QED) is 0.557. The number of hydrogen-bond donors (Lipinski definition) is 3. The normalized spacial score (nSPS) is 11.7. The summed E-state index contributed by atoms with van der Waals surface area (Å²) in [7, 11) is 0. The van der Waals surface area contributed by atoms with Crippen molar-refractivity contribution in [1.82, 2.24) is 5.32 Å². The summed E-state index contributed by atoms with van der Waals surface area (Å²) in [5.74, 6) is 0. The Balaban J connectivity index is 2.82. The Morgan fingerprint density at radius 1 is 1.53 bits per heavy atom. The maximum absolute atomic E-state index is 11.5. The number of aryl methyl sites for hydroxylation is 1. The lowest BCUT2D eigenvalue weighted by molar-refractivity contribution is -0.385. The maximum Gasteiger partial charge on any atom is 0.319 e. The summed E-state index contributed by atoms with van der Waals surface area (Å²) < 4.78 is 0. The molecule has 19 heavy (non-hydrogen) atoms. The highest BCUT2D eigenvalue weighted by Crippen LogP contribution is 2.23. The fourth-order valence-corrected chi connectivity index (χ4v) is 1.55. The van der Waals surface area contributed by atoms with Crippen LogP contribution in [-0.2, 0) is 6.42 Å². The number of nitrogens with one attached hydrogen (secondary N) is 2. The lowest BCUT2D eigenvalue weighted by Crippen LogP contribution is -2.38. The van der Waals surface area contributed by atoms with E-state index in [0.29, 0.717) is 17.7 Å². The van der Waals surface area contributed by atoms with Crippen molar-refractivity contribution in [1.29, 1.82) is 0 Å². The summed E-state index contributed by atoms with van der Waals surface area (Å²) in [6.45, 7) is 3.29. The molecule has 0 heterocycles. The molecule has 0 bridgehead atoms. The first kappa shape index (κ1) is 14.9. The van der Waals surface area contributed by atoms with E-state index in [1.54, 1.807) is 19.1 Å². The van der Waals surface area contributed by atoms with Gasteiger partial charge in [-0.3, -0.25) is 10.1 Å². The molecule has 0 saturated heterocycles. The SMILES string of the molecule is CCc1ccc(NC(=O)NC(C)CO)cc1[N+](=O)[O-]. The molecule has 1 rings (SSSR count). The van der Waals surface area contributed by atoms with Gasteiger partial charge in [0.2, 0.25) is 0 Å². The standard InChI is InChI=1S/C12H17N3O4/c1-3-9-4-5-10(6-11(9)15(18)19)14-12(17)13-8(2)7-16/h4-6,8,16H,3,7H2,1-2H3,(H2,13,14,17). The number of hydrogen-bond acceptors (Lipinski definition) is 4. The van der Waals surface area contributed by atoms with Gasteiger partial charge in [-0.25, -0.2) is 4.79 Å². The van der Waals surface area contributed by atoms with Crippen molar-refractivity contribution in [3.8, 4) is 0 Å². The summed E-state index contributed by atoms with van der Waals surface area (Å²) in [5, 5.41) is 24.7. The van der Waals surface area contributed by atoms with Crippen LogP contribution in [0.2, 0.25) is 0 Å². The molecule has 1 aromatic rings. The zero-order valence-corrected chi connectivity index (χ0v) is 10.8. The molecule has 0 spiro atoms. The monoisotopic (exact) mass is 267 g/mol. The van der Waals surface area contributed by atoms with E-state index < -0.39 is 11.0 Å². The third-order valence-electron chi connectivity index (χ3n) is 2.57. The smallest absolute Gasteiger partial charge is 0.319 e. The highest BCUT2D eigenvalue weighted by Gasteiger charge is 2.14. The number of anilines is 1. The van der Waals surface area contributed by atoms with E-state index in [0.717, 1.165) is 0 Å². The van der Waals surface area contributed by atoms with E-state index in [2.05, 4.69) is 10.6 Å². The Morgan fingerprint density at radius 2 is 2.21 bits per heavy atom. The molecule has 104 valence electrons. The van der Waals surface area contributed by atoms with Gasteiger partial charge >= 0.3 is 6.03 Å². The molecular weight excluding hydrogens is 250 g/mol. The van der Waals surface area contributed by atoms with Crippen molar-refractivity contribution in [2.24, 2.45) is 0 Å². The third kappa shape index (κ3) is 4.22. The molecule has 0 aromatic heterocycles. The van der Waals surface area contributed by atoms with Crippen molar-refractivity contribution in [3.63, 3.8) is 0 Å². The topological polar surface area (TPSA) is 104 Å². The largest absolute Gasteiger partial charge is 0.394 e. The molecule has 1 unspecified atom stereocenters. The highest BCUT2D eigenvalue weighted by atomic mass is 16.6. The van der Waals surface area contributed by atoms with Crippen LogP contribution in [0.25, 0.3) is 0 Å². The first-order valence-electron chi connectivity index (χ1n) is 5.93. The van der Waals surface area contributed by atoms with Gasteiger partial charge in [-0.15, -0.1) is 0 Å². The summed E-state index contributed by atoms with van der Waals surface area (Å²) in [5.41, 5.74) is 0.932. The van der Waals surface area contributed by atoms with Gasteiger partial charge in [-0.05, 0) is 19.4 Å². The number of nitro groups is 1. The molecule has 0 saturated carbocycles. The van der Waals surface area contributed by atoms with Crippen LogP contribution in [0.4, 0.5) is 16.2 Å². The molecule has 0 radical (unpaired) electrons. The van der Waals surface area contributed by atoms with Crippen molar-refractivity contribution in [2.75, 3.05) is 11.9 Å². The fourth-order valence-electron chi connectivity index (χ4n) is 1.55. The molecule has 0 aliphatic heterocycles. The van der Waals surface area contributed by atoms with Crippen LogP contribution in [-0.4, -0.2) is 28.7 Å². The number of aliphatic hydroxyl groups excluding tert-OH is 1. The molecule has 3 N–H and O–H groups in total. The lowest BCUT2D eigenvalue weighted by atomic mass is 10.1. The number of nitro benzene ring substituents is 1. The molecule has 0 fully saturated rings. The van der Waals surface area contributed by atoms with Gasteiger partial charge in [0.05, 0.1) is 17.6 Å². The van der Waals surface area contributed by atoms with Gasteiger partial charge in [-0.1, -0.05) is 13.0 Å². The number of rotatable bonds is 5. The lowest BCUT2D eigenvalue weighted by Gasteiger charge is -2.12. The van der Waals surface area contributed by atoms with Crippen LogP contribution in [0.3, 0.4) is 0 Å². The molecule has 2 amide bonds. The number of benzene rings is 1. The van der Waals surface area contributed by atoms with Crippen LogP contribution in [0, 0.1) is 10.1 Å². The number of amides is 2. The van der Waals surface area contributed by atoms with E-state index in [1.807, 2.05) is 6.92 Å². The van der Waals surface area contributed by atoms with Gasteiger partial charge in [0.25, 0.3) is 5.69 Å². The van der Waals surface area contributed by atoms with E-state index in [9.17, 15) is 14.9 Å². The van der Waals surface area contributed by atoms with E-state index in [1.165, 1.54) is 6.07 Å². The minimum Gasteiger partial charge on any atom is -0.394 e. The highest BCUT2D eigenvalue weighted by molar-refractivity contribution is 5.89. The first-order valence-corrected chi connectivity index (χ1v) is 5.93. The van der Waals surface area contributed by atoms with Crippen LogP contribution < -0.4 is 10.6 Å². The number of carbonyl (C=O) groups excluding carboxylic acids is 1. The van der Waals surface area contributed by atoms with E-state index >= 15 is 0 Å². The van der Waals surface area contributed by atoms with Gasteiger partial charge in [0.1, 0.15) is 0 Å². The summed E-state index contributed by atoms with van der Waals surface area (Å²) in [4.78, 5) is 21.9. The molecule has 7 nitrogen and oxygen atoms in total. The van der Waals surface area contributed by atoms with E-state index in [-0.39, 0.29) is 18.3 Å². The van der Waals surface area contributed by atoms with Crippen LogP contribution in [0.1, 0.15) is 19.4 Å². The summed E-state index contributed by atoms with van der Waals surface area (Å²) in [6.07, 6.45) is 0.546. The van der Waals surface area contributed by atoms with Crippen molar-refractivity contribution < 1.29 is 14.8 Å². The Kier molecular flexibility index (Phi) is 5.25. The second-order valence-corrected chi connectivity index (χ2v) is 4.14. The summed E-state index contributed by atoms with van der Waals surface area (Å²) in [6, 6.07) is 3.64. The molecule has 7 heteroatoms. The Morgan fingerprint density at radius 3 is 2.74 bits per heavy atom. The predicted molar refractivity (Wildman–Crippen MR) is 71.2 cm³/mol. The second-order valence-electron chi connectivity index (χ2n) is 4.14. The zero-order chi connectivity index (χ0) is 14.4. The molecule has 1 atom stereocenters. The molecule has 1 aromatic carbocycles. The fraction of sp³-hybridized carbons (Fsp3) is 0.417. The average Bonchev–Trinajstić information content (AvgIpc) is 2.38. The van der Waals surface area contributed by atoms with Crippen LogP contribution in [0.5, 0.6) is 0 Å². The van der Waals surface area contributed by atoms with E-state index in [4.69, 9.17) is 5.11 Å². The van der Waals surface area contributed by atoms with Crippen molar-refractivity contribution >= 4 is 17.4 Å². The van der Waals surface area contributed by atoms with Crippen molar-refractivity contribution in [2.45, 2.75) is 26.3 Å². The molecule has 0 aliphatic carbocycles. The number of aliphatic hydroxyl groups is 1. The number of urea groups is 1. The number of nitrogens with zero attached hydrogens (tertiary/aromatic N) is 1. The molecular formula is C12H17N3O4. The zero-order valence-electron chi connectivity index (χ0n) is 10.8. The van der Waals surface area contributed by atoms with Gasteiger partial charge in [-0.2, -0.15) is 0 Å². The second kappa shape index (κ2) is 6.69. The Hall–Kier alpha value is -2.15. The average molecular weight is 267 g/mol. The third-order valence-corrected chi connectivity index (χ3v) is 2.57. The minimum absolute atomic E-state index is 0.0180. The maximum atomic E-state index is 11.5.